The van der Waals surface area contributed by atoms with Gasteiger partial charge in [0.25, 0.3) is 11.8 Å². The molecule has 2 aliphatic rings. The zero-order chi connectivity index (χ0) is 42.0. The topological polar surface area (TPSA) is 137 Å². The standard InChI is InChI=1S/C17H18N4O.C12H12N2O.C5H8N2O.ClH/c1-11-13(19-10-18-11)9-21-8-7-15-16(17(21)22)12-5-3-4-6-14(12)20(15)2;1-14-9-5-3-2-4-8(9)11-10(14)6-7-13-12(11)15;1-4-5(2-8)7-3-6-4;/h3-6,10H,7-9H2,1-2H3,(H,18,19);2-5H,6-7H2,1H3,(H,13,15);3,8H,2H2,1H3,(H,6,7);1H/i1D3,9D2,10D;;1D3,2D2,3D;. The van der Waals surface area contributed by atoms with E-state index < -0.39 is 68.0 Å². The third-order valence-corrected chi connectivity index (χ3v) is 7.88. The fraction of sp³-hybridized carbons (Fsp3) is 0.294. The van der Waals surface area contributed by atoms with E-state index in [-0.39, 0.29) is 24.9 Å². The first-order valence-electron chi connectivity index (χ1n) is 20.0. The summed E-state index contributed by atoms with van der Waals surface area (Å²) in [6, 6.07) is 15.5. The van der Waals surface area contributed by atoms with Crippen molar-refractivity contribution in [2.24, 2.45) is 14.1 Å². The van der Waals surface area contributed by atoms with Crippen LogP contribution in [0.4, 0.5) is 0 Å². The van der Waals surface area contributed by atoms with Crippen LogP contribution in [0.15, 0.2) is 61.1 Å². The third-order valence-electron chi connectivity index (χ3n) is 7.88. The van der Waals surface area contributed by atoms with Crippen LogP contribution in [-0.4, -0.2) is 64.0 Å². The Balaban J connectivity index is 0.000000181. The maximum absolute atomic E-state index is 13.3. The van der Waals surface area contributed by atoms with Crippen LogP contribution in [0.1, 0.15) is 71.3 Å². The van der Waals surface area contributed by atoms with Gasteiger partial charge in [-0.1, -0.05) is 36.4 Å². The van der Waals surface area contributed by atoms with Gasteiger partial charge in [0.2, 0.25) is 0 Å². The van der Waals surface area contributed by atoms with Gasteiger partial charge in [0.15, 0.2) is 0 Å². The van der Waals surface area contributed by atoms with Gasteiger partial charge in [-0.3, -0.25) is 9.59 Å². The molecule has 8 rings (SSSR count). The molecule has 46 heavy (non-hydrogen) atoms. The molecule has 0 bridgehead atoms. The molecule has 0 saturated heterocycles. The van der Waals surface area contributed by atoms with E-state index in [0.717, 1.165) is 56.6 Å². The average molecular weight is 655 g/mol. The van der Waals surface area contributed by atoms with Crippen molar-refractivity contribution in [3.8, 4) is 0 Å². The van der Waals surface area contributed by atoms with Gasteiger partial charge in [0.1, 0.15) is 2.74 Å². The summed E-state index contributed by atoms with van der Waals surface area (Å²) in [5.41, 5.74) is 3.15. The number of H-pyrrole nitrogens is 2. The van der Waals surface area contributed by atoms with Gasteiger partial charge < -0.3 is 34.4 Å². The molecule has 0 atom stereocenters. The summed E-state index contributed by atoms with van der Waals surface area (Å²) in [5, 5.41) is 13.6. The zero-order valence-electron chi connectivity index (χ0n) is 36.9. The molecule has 2 amide bonds. The Labute approximate surface area is 289 Å². The maximum Gasteiger partial charge on any atom is 0.256 e. The van der Waals surface area contributed by atoms with Gasteiger partial charge in [0, 0.05) is 92.8 Å². The van der Waals surface area contributed by atoms with Crippen molar-refractivity contribution < 1.29 is 31.1 Å². The zero-order valence-corrected chi connectivity index (χ0v) is 25.7. The highest BCUT2D eigenvalue weighted by atomic mass is 35.5. The van der Waals surface area contributed by atoms with Crippen LogP contribution in [0.25, 0.3) is 21.8 Å². The van der Waals surface area contributed by atoms with Crippen LogP contribution in [0.3, 0.4) is 0 Å². The van der Waals surface area contributed by atoms with Crippen molar-refractivity contribution in [2.75, 3.05) is 13.1 Å². The van der Waals surface area contributed by atoms with E-state index in [4.69, 9.17) is 21.6 Å². The number of aromatic nitrogens is 6. The van der Waals surface area contributed by atoms with Gasteiger partial charge in [0.05, 0.1) is 53.7 Å². The molecule has 0 aliphatic carbocycles. The normalized spacial score (nSPS) is 18.6. The Morgan fingerprint density at radius 1 is 0.870 bits per heavy atom. The van der Waals surface area contributed by atoms with E-state index in [2.05, 4.69) is 35.9 Å². The molecule has 0 saturated carbocycles. The number of imidazole rings is 2. The fourth-order valence-corrected chi connectivity index (χ4v) is 5.71. The summed E-state index contributed by atoms with van der Waals surface area (Å²) in [5.74, 6) is -0.456. The third kappa shape index (κ3) is 5.91. The lowest BCUT2D eigenvalue weighted by Gasteiger charge is -2.27. The number of fused-ring (bicyclic) bond motifs is 6. The van der Waals surface area contributed by atoms with Crippen LogP contribution >= 0.6 is 12.4 Å². The minimum Gasteiger partial charge on any atom is -0.390 e. The second-order valence-corrected chi connectivity index (χ2v) is 10.4. The Hall–Kier alpha value is -4.87. The lowest BCUT2D eigenvalue weighted by atomic mass is 10.0. The number of carbonyl (C=O) groups excluding carboxylic acids is 2. The van der Waals surface area contributed by atoms with E-state index in [1.807, 2.05) is 61.1 Å². The van der Waals surface area contributed by atoms with E-state index in [1.165, 1.54) is 0 Å². The summed E-state index contributed by atoms with van der Waals surface area (Å²) in [6.07, 6.45) is 0.392. The quantitative estimate of drug-likeness (QED) is 0.223. The van der Waals surface area contributed by atoms with Crippen LogP contribution < -0.4 is 5.32 Å². The summed E-state index contributed by atoms with van der Waals surface area (Å²) >= 11 is 0. The van der Waals surface area contributed by atoms with E-state index >= 15 is 0 Å². The number of amides is 2. The molecule has 0 unspecified atom stereocenters. The van der Waals surface area contributed by atoms with Gasteiger partial charge >= 0.3 is 0 Å². The Morgan fingerprint density at radius 2 is 1.43 bits per heavy atom. The lowest BCUT2D eigenvalue weighted by Crippen LogP contribution is -2.37. The number of hydrogen-bond donors (Lipinski definition) is 4. The van der Waals surface area contributed by atoms with Crippen LogP contribution in [0.5, 0.6) is 0 Å². The molecular formula is C34H39ClN8O3. The van der Waals surface area contributed by atoms with Crippen molar-refractivity contribution in [2.45, 2.75) is 39.6 Å². The van der Waals surface area contributed by atoms with Crippen molar-refractivity contribution in [3.63, 3.8) is 0 Å². The summed E-state index contributed by atoms with van der Waals surface area (Å²) < 4.78 is 93.4. The molecule has 0 fully saturated rings. The fourth-order valence-electron chi connectivity index (χ4n) is 5.71. The Morgan fingerprint density at radius 3 is 2.04 bits per heavy atom. The van der Waals surface area contributed by atoms with Gasteiger partial charge in [-0.25, -0.2) is 9.97 Å². The molecule has 4 aromatic heterocycles. The number of para-hydroxylation sites is 2. The number of carbonyl (C=O) groups is 2. The predicted molar refractivity (Wildman–Crippen MR) is 180 cm³/mol. The van der Waals surface area contributed by atoms with Gasteiger partial charge in [-0.05, 0) is 25.8 Å². The molecule has 2 aromatic carbocycles. The minimum absolute atomic E-state index is 0. The van der Waals surface area contributed by atoms with E-state index in [0.29, 0.717) is 12.0 Å². The van der Waals surface area contributed by atoms with E-state index in [9.17, 15) is 9.59 Å². The molecular weight excluding hydrogens is 604 g/mol. The first-order valence-corrected chi connectivity index (χ1v) is 14.0. The molecule has 0 spiro atoms. The molecule has 0 radical (unpaired) electrons. The average Bonchev–Trinajstić information content (AvgIpc) is 3.88. The second-order valence-electron chi connectivity index (χ2n) is 10.4. The Bertz CT molecular complexity index is 2480. The highest BCUT2D eigenvalue weighted by Crippen LogP contribution is 2.31. The largest absolute Gasteiger partial charge is 0.390 e. The van der Waals surface area contributed by atoms with Crippen molar-refractivity contribution >= 4 is 46.0 Å². The number of hydrogen-bond acceptors (Lipinski definition) is 5. The van der Waals surface area contributed by atoms with E-state index in [1.54, 1.807) is 0 Å². The molecule has 2 aliphatic heterocycles. The summed E-state index contributed by atoms with van der Waals surface area (Å²) in [4.78, 5) is 37.5. The summed E-state index contributed by atoms with van der Waals surface area (Å²) in [6.45, 7) is -9.83. The molecule has 12 heteroatoms. The number of nitrogens with one attached hydrogen (secondary N) is 3. The smallest absolute Gasteiger partial charge is 0.256 e. The number of aliphatic hydroxyl groups is 1. The number of aryl methyl sites for hydroxylation is 4. The first-order chi connectivity index (χ1) is 26.4. The van der Waals surface area contributed by atoms with Crippen molar-refractivity contribution in [3.05, 3.63) is 106 Å². The Kier molecular flexibility index (Phi) is 6.02. The van der Waals surface area contributed by atoms with Gasteiger partial charge in [-0.2, -0.15) is 0 Å². The molecule has 4 N–H and O–H groups in total. The second kappa shape index (κ2) is 13.6. The monoisotopic (exact) mass is 654 g/mol. The maximum atomic E-state index is 13.3. The predicted octanol–water partition coefficient (Wildman–Crippen LogP) is 4.50. The highest BCUT2D eigenvalue weighted by molar-refractivity contribution is 6.10. The SMILES string of the molecule is Cl.Cn1c2c(c3ccccc31)C(=O)NCC2.[2H]c1nc(C([2H])([2H])N2CCc3c(c4ccccc4n3C)C2=O)c(C([2H])([2H])[2H])[nH]1.[2H]c1nc(C([2H])([2H])O)c(C([2H])([2H])[2H])[nH]1. The van der Waals surface area contributed by atoms with Crippen molar-refractivity contribution in [1.82, 2.24) is 39.3 Å². The number of nitrogens with zero attached hydrogens (tertiary/aromatic N) is 5. The van der Waals surface area contributed by atoms with Crippen molar-refractivity contribution in [1.29, 1.82) is 0 Å². The molecule has 240 valence electrons. The minimum atomic E-state index is -2.86. The van der Waals surface area contributed by atoms with Gasteiger partial charge in [-0.15, -0.1) is 12.4 Å². The lowest BCUT2D eigenvalue weighted by molar-refractivity contribution is 0.0725. The summed E-state index contributed by atoms with van der Waals surface area (Å²) in [7, 11) is 3.89. The highest BCUT2D eigenvalue weighted by Gasteiger charge is 2.30. The number of benzene rings is 2. The molecule has 6 heterocycles. The first kappa shape index (κ1) is 20.3. The molecule has 6 aromatic rings. The number of aromatic amines is 2. The van der Waals surface area contributed by atoms with Crippen LogP contribution in [-0.2, 0) is 40.0 Å². The van der Waals surface area contributed by atoms with Crippen LogP contribution in [0.2, 0.25) is 0 Å². The number of rotatable bonds is 3. The van der Waals surface area contributed by atoms with Crippen LogP contribution in [0, 0.1) is 13.7 Å². The number of halogens is 1. The molecule has 11 nitrogen and oxygen atoms in total.